The number of nitrogens with two attached hydrogens (primary N) is 2. The molecule has 1 unspecified atom stereocenters. The van der Waals surface area contributed by atoms with Crippen LogP contribution in [0.5, 0.6) is 0 Å². The Balaban J connectivity index is 2.89. The minimum absolute atomic E-state index is 0.00168. The van der Waals surface area contributed by atoms with E-state index >= 15 is 0 Å². The number of amides is 1. The maximum atomic E-state index is 12.0. The largest absolute Gasteiger partial charge is 0.465 e. The fourth-order valence-electron chi connectivity index (χ4n) is 2.15. The van der Waals surface area contributed by atoms with Gasteiger partial charge in [-0.25, -0.2) is 0 Å². The van der Waals surface area contributed by atoms with Gasteiger partial charge in [0.15, 0.2) is 0 Å². The summed E-state index contributed by atoms with van der Waals surface area (Å²) in [4.78, 5) is 25.0. The number of anilines is 1. The van der Waals surface area contributed by atoms with Gasteiger partial charge in [0.25, 0.3) is 0 Å². The fraction of sp³-hybridized carbons (Fsp3) is 0.467. The van der Waals surface area contributed by atoms with Crippen molar-refractivity contribution >= 4 is 17.6 Å². The van der Waals surface area contributed by atoms with E-state index in [4.69, 9.17) is 16.2 Å². The maximum absolute atomic E-state index is 12.0. The van der Waals surface area contributed by atoms with Crippen molar-refractivity contribution in [2.45, 2.75) is 32.9 Å². The van der Waals surface area contributed by atoms with Crippen LogP contribution < -0.4 is 11.5 Å². The summed E-state index contributed by atoms with van der Waals surface area (Å²) >= 11 is 0. The summed E-state index contributed by atoms with van der Waals surface area (Å²) in [5.41, 5.74) is 12.6. The van der Waals surface area contributed by atoms with Gasteiger partial charge in [-0.1, -0.05) is 19.1 Å². The molecule has 0 heterocycles. The van der Waals surface area contributed by atoms with Crippen LogP contribution in [0.15, 0.2) is 24.3 Å². The van der Waals surface area contributed by atoms with Gasteiger partial charge >= 0.3 is 5.97 Å². The van der Waals surface area contributed by atoms with Gasteiger partial charge in [0.1, 0.15) is 6.04 Å². The highest BCUT2D eigenvalue weighted by molar-refractivity contribution is 5.79. The first kappa shape index (κ1) is 17.0. The molecule has 0 radical (unpaired) electrons. The summed E-state index contributed by atoms with van der Waals surface area (Å²) in [6.07, 6.45) is 0.543. The summed E-state index contributed by atoms with van der Waals surface area (Å²) in [5.74, 6) is -0.815. The van der Waals surface area contributed by atoms with E-state index in [0.29, 0.717) is 25.3 Å². The second-order valence-electron chi connectivity index (χ2n) is 4.79. The molecule has 116 valence electrons. The van der Waals surface area contributed by atoms with Crippen LogP contribution in [0, 0.1) is 0 Å². The summed E-state index contributed by atoms with van der Waals surface area (Å²) in [6, 6.07) is 6.80. The van der Waals surface area contributed by atoms with Crippen molar-refractivity contribution in [2.75, 3.05) is 18.9 Å². The SMILES string of the molecule is CCOC(=O)C(CC)N(CC(N)=O)Cc1ccc(N)cc1. The third-order valence-corrected chi connectivity index (χ3v) is 3.11. The van der Waals surface area contributed by atoms with Crippen LogP contribution in [0.25, 0.3) is 0 Å². The zero-order valence-electron chi connectivity index (χ0n) is 12.5. The smallest absolute Gasteiger partial charge is 0.323 e. The van der Waals surface area contributed by atoms with Crippen molar-refractivity contribution in [3.63, 3.8) is 0 Å². The van der Waals surface area contributed by atoms with E-state index < -0.39 is 11.9 Å². The van der Waals surface area contributed by atoms with E-state index in [2.05, 4.69) is 0 Å². The molecule has 0 aromatic heterocycles. The van der Waals surface area contributed by atoms with Crippen molar-refractivity contribution in [1.29, 1.82) is 0 Å². The molecule has 0 saturated carbocycles. The highest BCUT2D eigenvalue weighted by atomic mass is 16.5. The number of ether oxygens (including phenoxy) is 1. The van der Waals surface area contributed by atoms with Crippen molar-refractivity contribution in [2.24, 2.45) is 5.73 Å². The van der Waals surface area contributed by atoms with Gasteiger partial charge < -0.3 is 16.2 Å². The van der Waals surface area contributed by atoms with E-state index in [0.717, 1.165) is 5.56 Å². The van der Waals surface area contributed by atoms with Crippen molar-refractivity contribution in [3.05, 3.63) is 29.8 Å². The quantitative estimate of drug-likeness (QED) is 0.548. The zero-order valence-corrected chi connectivity index (χ0v) is 12.5. The second-order valence-corrected chi connectivity index (χ2v) is 4.79. The lowest BCUT2D eigenvalue weighted by Crippen LogP contribution is -2.45. The van der Waals surface area contributed by atoms with Gasteiger partial charge in [-0.2, -0.15) is 0 Å². The van der Waals surface area contributed by atoms with E-state index in [9.17, 15) is 9.59 Å². The number of carbonyl (C=O) groups excluding carboxylic acids is 2. The predicted molar refractivity (Wildman–Crippen MR) is 81.2 cm³/mol. The number of hydrogen-bond acceptors (Lipinski definition) is 5. The number of hydrogen-bond donors (Lipinski definition) is 2. The summed E-state index contributed by atoms with van der Waals surface area (Å²) in [5, 5.41) is 0. The van der Waals surface area contributed by atoms with E-state index in [1.807, 2.05) is 19.1 Å². The van der Waals surface area contributed by atoms with Crippen molar-refractivity contribution < 1.29 is 14.3 Å². The standard InChI is InChI=1S/C15H23N3O3/c1-3-13(15(20)21-4-2)18(10-14(17)19)9-11-5-7-12(16)8-6-11/h5-8,13H,3-4,9-10,16H2,1-2H3,(H2,17,19). The van der Waals surface area contributed by atoms with Gasteiger partial charge in [-0.15, -0.1) is 0 Å². The third-order valence-electron chi connectivity index (χ3n) is 3.11. The molecule has 0 aliphatic rings. The molecule has 6 heteroatoms. The first-order valence-electron chi connectivity index (χ1n) is 7.01. The Labute approximate surface area is 125 Å². The van der Waals surface area contributed by atoms with Gasteiger partial charge in [-0.3, -0.25) is 14.5 Å². The number of nitrogens with zero attached hydrogens (tertiary/aromatic N) is 1. The summed E-state index contributed by atoms with van der Waals surface area (Å²) in [6.45, 7) is 4.37. The van der Waals surface area contributed by atoms with Crippen LogP contribution in [0.1, 0.15) is 25.8 Å². The molecule has 0 spiro atoms. The second kappa shape index (κ2) is 8.26. The molecular formula is C15H23N3O3. The molecule has 0 aliphatic heterocycles. The minimum Gasteiger partial charge on any atom is -0.465 e. The van der Waals surface area contributed by atoms with Gasteiger partial charge in [0.05, 0.1) is 13.2 Å². The Morgan fingerprint density at radius 2 is 1.86 bits per heavy atom. The van der Waals surface area contributed by atoms with Crippen molar-refractivity contribution in [3.8, 4) is 0 Å². The average molecular weight is 293 g/mol. The van der Waals surface area contributed by atoms with Gasteiger partial charge in [-0.05, 0) is 31.0 Å². The van der Waals surface area contributed by atoms with Crippen LogP contribution in [0.3, 0.4) is 0 Å². The van der Waals surface area contributed by atoms with E-state index in [-0.39, 0.29) is 12.5 Å². The summed E-state index contributed by atoms with van der Waals surface area (Å²) < 4.78 is 5.06. The average Bonchev–Trinajstić information content (AvgIpc) is 2.41. The maximum Gasteiger partial charge on any atom is 0.323 e. The van der Waals surface area contributed by atoms with E-state index in [1.165, 1.54) is 0 Å². The molecule has 0 fully saturated rings. The molecule has 6 nitrogen and oxygen atoms in total. The van der Waals surface area contributed by atoms with E-state index in [1.54, 1.807) is 24.0 Å². The van der Waals surface area contributed by atoms with Crippen LogP contribution in [-0.2, 0) is 20.9 Å². The third kappa shape index (κ3) is 5.43. The first-order chi connectivity index (χ1) is 9.97. The predicted octanol–water partition coefficient (Wildman–Crippen LogP) is 0.898. The van der Waals surface area contributed by atoms with Crippen molar-refractivity contribution in [1.82, 2.24) is 4.90 Å². The zero-order chi connectivity index (χ0) is 15.8. The molecule has 0 saturated heterocycles. The van der Waals surface area contributed by atoms with Gasteiger partial charge in [0.2, 0.25) is 5.91 Å². The normalized spacial score (nSPS) is 12.1. The Morgan fingerprint density at radius 3 is 2.33 bits per heavy atom. The highest BCUT2D eigenvalue weighted by Gasteiger charge is 2.26. The molecule has 0 aliphatic carbocycles. The lowest BCUT2D eigenvalue weighted by Gasteiger charge is -2.28. The molecule has 1 atom stereocenters. The summed E-state index contributed by atoms with van der Waals surface area (Å²) in [7, 11) is 0. The topological polar surface area (TPSA) is 98.6 Å². The molecule has 1 aromatic carbocycles. The Bertz CT molecular complexity index is 474. The van der Waals surface area contributed by atoms with Crippen LogP contribution >= 0.6 is 0 Å². The number of primary amides is 1. The van der Waals surface area contributed by atoms with Crippen LogP contribution in [0.4, 0.5) is 5.69 Å². The highest BCUT2D eigenvalue weighted by Crippen LogP contribution is 2.14. The molecule has 1 aromatic rings. The number of esters is 1. The molecule has 4 N–H and O–H groups in total. The van der Waals surface area contributed by atoms with Gasteiger partial charge in [0, 0.05) is 12.2 Å². The number of benzene rings is 1. The number of carbonyl (C=O) groups is 2. The minimum atomic E-state index is -0.491. The lowest BCUT2D eigenvalue weighted by atomic mass is 10.1. The molecule has 0 bridgehead atoms. The molecule has 1 rings (SSSR count). The number of nitrogen functional groups attached to an aromatic ring is 1. The monoisotopic (exact) mass is 293 g/mol. The Morgan fingerprint density at radius 1 is 1.24 bits per heavy atom. The molecule has 21 heavy (non-hydrogen) atoms. The van der Waals surface area contributed by atoms with Crippen LogP contribution in [0.2, 0.25) is 0 Å². The molecule has 1 amide bonds. The Kier molecular flexibility index (Phi) is 6.68. The lowest BCUT2D eigenvalue weighted by molar-refractivity contribution is -0.150. The first-order valence-corrected chi connectivity index (χ1v) is 7.01. The van der Waals surface area contributed by atoms with Crippen LogP contribution in [-0.4, -0.2) is 36.0 Å². The number of rotatable bonds is 8. The Hall–Kier alpha value is -2.08. The molecular weight excluding hydrogens is 270 g/mol. The fourth-order valence-corrected chi connectivity index (χ4v) is 2.15.